The Morgan fingerprint density at radius 3 is 1.74 bits per heavy atom. The first-order valence-corrected chi connectivity index (χ1v) is 11.8. The molecule has 0 aliphatic heterocycles. The Kier molecular flexibility index (Phi) is 7.56. The maximum atomic E-state index is 10.8. The van der Waals surface area contributed by atoms with Gasteiger partial charge in [0.05, 0.1) is 6.10 Å². The van der Waals surface area contributed by atoms with Crippen LogP contribution in [-0.4, -0.2) is 25.3 Å². The third-order valence-electron chi connectivity index (χ3n) is 6.47. The van der Waals surface area contributed by atoms with E-state index in [0.29, 0.717) is 11.6 Å². The molecule has 2 aromatic rings. The second-order valence-corrected chi connectivity index (χ2v) is 10.5. The van der Waals surface area contributed by atoms with E-state index in [2.05, 4.69) is 60.7 Å². The lowest BCUT2D eigenvalue weighted by molar-refractivity contribution is 0.115. The van der Waals surface area contributed by atoms with E-state index >= 15 is 0 Å². The molecule has 2 saturated carbocycles. The van der Waals surface area contributed by atoms with E-state index in [1.165, 1.54) is 55.6 Å². The van der Waals surface area contributed by atoms with E-state index in [9.17, 15) is 5.11 Å². The molecule has 0 unspecified atom stereocenters. The van der Waals surface area contributed by atoms with Gasteiger partial charge in [-0.05, 0) is 61.7 Å². The van der Waals surface area contributed by atoms with Crippen LogP contribution in [0, 0.1) is 11.8 Å². The molecule has 3 heteroatoms. The average Bonchev–Trinajstić information content (AvgIpc) is 3.13. The van der Waals surface area contributed by atoms with Crippen molar-refractivity contribution in [2.45, 2.75) is 63.1 Å². The molecule has 141 valence electrons. The fourth-order valence-electron chi connectivity index (χ4n) is 5.27. The van der Waals surface area contributed by atoms with Gasteiger partial charge in [0.1, 0.15) is 0 Å². The third-order valence-corrected chi connectivity index (χ3v) is 9.58. The molecule has 1 nitrogen and oxygen atoms in total. The number of hydrogen-bond acceptors (Lipinski definition) is 1. The van der Waals surface area contributed by atoms with E-state index in [-0.39, 0.29) is 14.5 Å². The smallest absolute Gasteiger partial charge is 0.0574 e. The van der Waals surface area contributed by atoms with Gasteiger partial charge in [0.25, 0.3) is 0 Å². The van der Waals surface area contributed by atoms with E-state index in [1.54, 1.807) is 0 Å². The highest BCUT2D eigenvalue weighted by Gasteiger charge is 2.42. The van der Waals surface area contributed by atoms with Crippen LogP contribution in [0.25, 0.3) is 0 Å². The number of hydrogen-bond donors (Lipinski definition) is 1. The third kappa shape index (κ3) is 4.66. The van der Waals surface area contributed by atoms with Crippen LogP contribution in [-0.2, 0) is 0 Å². The van der Waals surface area contributed by atoms with Gasteiger partial charge in [-0.25, -0.2) is 0 Å². The summed E-state index contributed by atoms with van der Waals surface area (Å²) >= 11 is 0. The fraction of sp³-hybridized carbons (Fsp3) is 0.500. The van der Waals surface area contributed by atoms with Gasteiger partial charge in [0.2, 0.25) is 0 Å². The van der Waals surface area contributed by atoms with Crippen molar-refractivity contribution in [3.8, 4) is 0 Å². The Morgan fingerprint density at radius 2 is 1.26 bits per heavy atom. The molecule has 3 radical (unpaired) electrons. The number of benzene rings is 2. The first-order chi connectivity index (χ1) is 12.8. The summed E-state index contributed by atoms with van der Waals surface area (Å²) in [6, 6.07) is 22.3. The van der Waals surface area contributed by atoms with Crippen LogP contribution in [0.5, 0.6) is 0 Å². The zero-order valence-corrected chi connectivity index (χ0v) is 17.1. The maximum absolute atomic E-state index is 10.8. The average molecular weight is 377 g/mol. The first kappa shape index (κ1) is 20.6. The van der Waals surface area contributed by atoms with Crippen LogP contribution in [0.15, 0.2) is 60.7 Å². The highest BCUT2D eigenvalue weighted by atomic mass is 31.1. The van der Waals surface area contributed by atoms with Crippen LogP contribution in [0.1, 0.15) is 51.4 Å². The summed E-state index contributed by atoms with van der Waals surface area (Å²) in [6.07, 6.45) is 10.2. The normalized spacial score (nSPS) is 24.5. The number of rotatable bonds is 5. The Hall–Kier alpha value is -1.11. The summed E-state index contributed by atoms with van der Waals surface area (Å²) in [5.41, 5.74) is 0.618. The number of aliphatic hydroxyl groups excluding tert-OH is 1. The molecule has 2 aromatic carbocycles. The van der Waals surface area contributed by atoms with Crippen molar-refractivity contribution in [3.63, 3.8) is 0 Å². The lowest BCUT2D eigenvalue weighted by Crippen LogP contribution is -2.38. The summed E-state index contributed by atoms with van der Waals surface area (Å²) in [6.45, 7) is 0. The Morgan fingerprint density at radius 1 is 0.704 bits per heavy atom. The van der Waals surface area contributed by atoms with Crippen LogP contribution in [0.3, 0.4) is 0 Å². The number of aliphatic hydroxyl groups is 1. The van der Waals surface area contributed by atoms with E-state index in [1.807, 2.05) is 0 Å². The first-order valence-electron chi connectivity index (χ1n) is 10.4. The van der Waals surface area contributed by atoms with Gasteiger partial charge < -0.3 is 5.11 Å². The minimum absolute atomic E-state index is 0. The molecule has 0 saturated heterocycles. The van der Waals surface area contributed by atoms with Crippen molar-refractivity contribution in [3.05, 3.63) is 60.7 Å². The summed E-state index contributed by atoms with van der Waals surface area (Å²) < 4.78 is 0. The van der Waals surface area contributed by atoms with Gasteiger partial charge in [0, 0.05) is 8.41 Å². The highest BCUT2D eigenvalue weighted by molar-refractivity contribution is 7.73. The SMILES string of the molecule is O[C@H]1CCC[C@@H]1[C@H](C1CCCCC1)P(c1ccccc1)c1ccccc1.[B]. The molecule has 0 spiro atoms. The van der Waals surface area contributed by atoms with Crippen molar-refractivity contribution < 1.29 is 5.11 Å². The van der Waals surface area contributed by atoms with Gasteiger partial charge in [-0.15, -0.1) is 0 Å². The Balaban J connectivity index is 0.00000210. The van der Waals surface area contributed by atoms with Crippen LogP contribution < -0.4 is 10.6 Å². The quantitative estimate of drug-likeness (QED) is 0.584. The van der Waals surface area contributed by atoms with Gasteiger partial charge in [-0.1, -0.05) is 86.3 Å². The second-order valence-electron chi connectivity index (χ2n) is 8.09. The molecule has 27 heavy (non-hydrogen) atoms. The van der Waals surface area contributed by atoms with E-state index in [0.717, 1.165) is 12.3 Å². The van der Waals surface area contributed by atoms with Gasteiger partial charge >= 0.3 is 0 Å². The minimum Gasteiger partial charge on any atom is -0.393 e. The zero-order valence-electron chi connectivity index (χ0n) is 16.2. The van der Waals surface area contributed by atoms with Gasteiger partial charge in [-0.3, -0.25) is 0 Å². The topological polar surface area (TPSA) is 20.2 Å². The zero-order chi connectivity index (χ0) is 17.8. The highest BCUT2D eigenvalue weighted by Crippen LogP contribution is 2.53. The molecule has 2 aliphatic carbocycles. The monoisotopic (exact) mass is 377 g/mol. The van der Waals surface area contributed by atoms with E-state index in [4.69, 9.17) is 0 Å². The van der Waals surface area contributed by atoms with Gasteiger partial charge in [-0.2, -0.15) is 0 Å². The summed E-state index contributed by atoms with van der Waals surface area (Å²) in [7, 11) is -0.435. The molecule has 1 N–H and O–H groups in total. The van der Waals surface area contributed by atoms with Crippen molar-refractivity contribution >= 4 is 26.9 Å². The lowest BCUT2D eigenvalue weighted by atomic mass is 9.81. The summed E-state index contributed by atoms with van der Waals surface area (Å²) in [4.78, 5) is 0. The molecular weight excluding hydrogens is 346 g/mol. The van der Waals surface area contributed by atoms with Crippen molar-refractivity contribution in [1.82, 2.24) is 0 Å². The van der Waals surface area contributed by atoms with Crippen molar-refractivity contribution in [2.24, 2.45) is 11.8 Å². The Bertz CT molecular complexity index is 632. The van der Waals surface area contributed by atoms with Crippen LogP contribution in [0.2, 0.25) is 0 Å². The molecule has 0 aromatic heterocycles. The molecule has 0 amide bonds. The predicted molar refractivity (Wildman–Crippen MR) is 119 cm³/mol. The van der Waals surface area contributed by atoms with E-state index < -0.39 is 7.92 Å². The largest absolute Gasteiger partial charge is 0.393 e. The summed E-state index contributed by atoms with van der Waals surface area (Å²) in [5, 5.41) is 13.8. The van der Waals surface area contributed by atoms with Crippen LogP contribution >= 0.6 is 7.92 Å². The molecule has 2 aliphatic rings. The molecule has 2 fully saturated rings. The lowest BCUT2D eigenvalue weighted by Gasteiger charge is -2.41. The molecule has 0 bridgehead atoms. The van der Waals surface area contributed by atoms with Gasteiger partial charge in [0.15, 0.2) is 0 Å². The minimum atomic E-state index is -0.435. The molecule has 0 heterocycles. The molecule has 4 rings (SSSR count). The fourth-order valence-corrected chi connectivity index (χ4v) is 8.69. The molecule has 3 atom stereocenters. The maximum Gasteiger partial charge on any atom is 0.0574 e. The summed E-state index contributed by atoms with van der Waals surface area (Å²) in [5.74, 6) is 1.25. The standard InChI is InChI=1S/C24H31OP.B/c25-23-18-10-17-22(23)24(19-11-4-1-5-12-19)26(20-13-6-2-7-14-20)21-15-8-3-9-16-21;/h2-3,6-9,13-16,19,22-25H,1,4-5,10-12,17-18H2;/t22-,23-,24-;/m0./s1. The van der Waals surface area contributed by atoms with Crippen molar-refractivity contribution in [1.29, 1.82) is 0 Å². The van der Waals surface area contributed by atoms with Crippen molar-refractivity contribution in [2.75, 3.05) is 0 Å². The van der Waals surface area contributed by atoms with Crippen LogP contribution in [0.4, 0.5) is 0 Å². The molecular formula is C24H31BOP. The predicted octanol–water partition coefficient (Wildman–Crippen LogP) is 4.85. The second kappa shape index (κ2) is 9.90. The Labute approximate surface area is 167 Å².